The van der Waals surface area contributed by atoms with Crippen molar-refractivity contribution in [3.8, 4) is 0 Å². The second-order valence-corrected chi connectivity index (χ2v) is 6.53. The number of hydrogen-bond acceptors (Lipinski definition) is 6. The van der Waals surface area contributed by atoms with Gasteiger partial charge in [-0.3, -0.25) is 4.79 Å². The molecule has 7 heteroatoms. The van der Waals surface area contributed by atoms with Gasteiger partial charge < -0.3 is 14.4 Å². The third-order valence-electron chi connectivity index (χ3n) is 4.09. The lowest BCUT2D eigenvalue weighted by Gasteiger charge is -2.35. The van der Waals surface area contributed by atoms with Gasteiger partial charge in [0.05, 0.1) is 7.11 Å². The Hall–Kier alpha value is -2.67. The summed E-state index contributed by atoms with van der Waals surface area (Å²) in [7, 11) is 1.29. The molecule has 0 aliphatic carbocycles. The number of thiophene rings is 1. The molecule has 1 amide bonds. The van der Waals surface area contributed by atoms with E-state index in [-0.39, 0.29) is 6.54 Å². The Kier molecular flexibility index (Phi) is 5.14. The van der Waals surface area contributed by atoms with Gasteiger partial charge in [0.15, 0.2) is 6.61 Å². The zero-order valence-electron chi connectivity index (χ0n) is 13.6. The maximum atomic E-state index is 12.6. The Labute approximate surface area is 149 Å². The van der Waals surface area contributed by atoms with E-state index in [1.54, 1.807) is 17.5 Å². The van der Waals surface area contributed by atoms with E-state index in [0.29, 0.717) is 11.3 Å². The standard InChI is InChI=1S/C18H17NO5S/c1-23-17(21)14-9-12-5-2-3-6-13(12)10-19(14)16(20)11-24-18(22)15-7-4-8-25-15/h2-8,14H,9-11H2,1H3/t14-/m1/s1. The fourth-order valence-corrected chi connectivity index (χ4v) is 3.42. The SMILES string of the molecule is COC(=O)[C@H]1Cc2ccccc2CN1C(=O)COC(=O)c1cccs1. The van der Waals surface area contributed by atoms with E-state index in [0.717, 1.165) is 11.1 Å². The number of nitrogens with zero attached hydrogens (tertiary/aromatic N) is 1. The highest BCUT2D eigenvalue weighted by atomic mass is 32.1. The van der Waals surface area contributed by atoms with E-state index in [9.17, 15) is 14.4 Å². The lowest BCUT2D eigenvalue weighted by Crippen LogP contribution is -2.50. The average molecular weight is 359 g/mol. The number of esters is 2. The van der Waals surface area contributed by atoms with Crippen LogP contribution in [0, 0.1) is 0 Å². The minimum absolute atomic E-state index is 0.283. The zero-order valence-corrected chi connectivity index (χ0v) is 14.5. The van der Waals surface area contributed by atoms with Gasteiger partial charge in [0.1, 0.15) is 10.9 Å². The molecule has 1 aromatic carbocycles. The summed E-state index contributed by atoms with van der Waals surface area (Å²) in [5.74, 6) is -1.45. The molecule has 3 rings (SSSR count). The van der Waals surface area contributed by atoms with Gasteiger partial charge in [-0.1, -0.05) is 30.3 Å². The number of ether oxygens (including phenoxy) is 2. The number of hydrogen-bond donors (Lipinski definition) is 0. The highest BCUT2D eigenvalue weighted by molar-refractivity contribution is 7.11. The number of benzene rings is 1. The molecule has 0 fully saturated rings. The van der Waals surface area contributed by atoms with E-state index in [4.69, 9.17) is 9.47 Å². The van der Waals surface area contributed by atoms with Gasteiger partial charge >= 0.3 is 11.9 Å². The molecule has 0 radical (unpaired) electrons. The number of rotatable bonds is 4. The molecule has 1 atom stereocenters. The van der Waals surface area contributed by atoms with Crippen molar-refractivity contribution in [2.24, 2.45) is 0 Å². The number of fused-ring (bicyclic) bond motifs is 1. The monoisotopic (exact) mass is 359 g/mol. The van der Waals surface area contributed by atoms with Gasteiger partial charge in [-0.2, -0.15) is 0 Å². The molecule has 130 valence electrons. The van der Waals surface area contributed by atoms with Crippen molar-refractivity contribution >= 4 is 29.2 Å². The molecule has 2 heterocycles. The maximum Gasteiger partial charge on any atom is 0.348 e. The zero-order chi connectivity index (χ0) is 17.8. The topological polar surface area (TPSA) is 72.9 Å². The highest BCUT2D eigenvalue weighted by Gasteiger charge is 2.35. The second kappa shape index (κ2) is 7.48. The predicted octanol–water partition coefficient (Wildman–Crippen LogP) is 2.03. The van der Waals surface area contributed by atoms with E-state index < -0.39 is 30.5 Å². The van der Waals surface area contributed by atoms with Crippen LogP contribution < -0.4 is 0 Å². The molecule has 1 aromatic heterocycles. The smallest absolute Gasteiger partial charge is 0.348 e. The van der Waals surface area contributed by atoms with Gasteiger partial charge in [0, 0.05) is 13.0 Å². The van der Waals surface area contributed by atoms with Crippen molar-refractivity contribution in [2.75, 3.05) is 13.7 Å². The van der Waals surface area contributed by atoms with Crippen LogP contribution >= 0.6 is 11.3 Å². The van der Waals surface area contributed by atoms with Crippen LogP contribution in [-0.4, -0.2) is 42.5 Å². The van der Waals surface area contributed by atoms with Crippen molar-refractivity contribution in [1.29, 1.82) is 0 Å². The molecule has 1 aliphatic heterocycles. The van der Waals surface area contributed by atoms with E-state index >= 15 is 0 Å². The molecule has 0 unspecified atom stereocenters. The first-order valence-electron chi connectivity index (χ1n) is 7.75. The van der Waals surface area contributed by atoms with Gasteiger partial charge in [-0.05, 0) is 22.6 Å². The Balaban J connectivity index is 1.72. The fourth-order valence-electron chi connectivity index (χ4n) is 2.81. The highest BCUT2D eigenvalue weighted by Crippen LogP contribution is 2.24. The Morgan fingerprint density at radius 2 is 1.92 bits per heavy atom. The largest absolute Gasteiger partial charge is 0.467 e. The van der Waals surface area contributed by atoms with Crippen LogP contribution in [-0.2, 0) is 32.0 Å². The summed E-state index contributed by atoms with van der Waals surface area (Å²) in [6, 6.07) is 10.3. The summed E-state index contributed by atoms with van der Waals surface area (Å²) >= 11 is 1.24. The van der Waals surface area contributed by atoms with Crippen molar-refractivity contribution < 1.29 is 23.9 Å². The maximum absolute atomic E-state index is 12.6. The van der Waals surface area contributed by atoms with Gasteiger partial charge in [-0.15, -0.1) is 11.3 Å². The molecule has 6 nitrogen and oxygen atoms in total. The van der Waals surface area contributed by atoms with Crippen molar-refractivity contribution in [3.63, 3.8) is 0 Å². The first kappa shape index (κ1) is 17.2. The summed E-state index contributed by atoms with van der Waals surface area (Å²) in [4.78, 5) is 38.4. The molecule has 0 spiro atoms. The molecule has 0 bridgehead atoms. The molecule has 0 saturated carbocycles. The predicted molar refractivity (Wildman–Crippen MR) is 91.1 cm³/mol. The van der Waals surface area contributed by atoms with Crippen LogP contribution in [0.15, 0.2) is 41.8 Å². The average Bonchev–Trinajstić information content (AvgIpc) is 3.19. The Bertz CT molecular complexity index is 787. The molecule has 0 N–H and O–H groups in total. The number of methoxy groups -OCH3 is 1. The van der Waals surface area contributed by atoms with Crippen LogP contribution in [0.3, 0.4) is 0 Å². The van der Waals surface area contributed by atoms with Gasteiger partial charge in [0.2, 0.25) is 0 Å². The molecular formula is C18H17NO5S. The van der Waals surface area contributed by atoms with Crippen LogP contribution in [0.25, 0.3) is 0 Å². The van der Waals surface area contributed by atoms with Crippen molar-refractivity contribution in [3.05, 3.63) is 57.8 Å². The third-order valence-corrected chi connectivity index (χ3v) is 4.94. The summed E-state index contributed by atoms with van der Waals surface area (Å²) < 4.78 is 9.91. The lowest BCUT2D eigenvalue weighted by atomic mass is 9.94. The molecule has 1 aliphatic rings. The van der Waals surface area contributed by atoms with E-state index in [1.807, 2.05) is 24.3 Å². The number of carbonyl (C=O) groups excluding carboxylic acids is 3. The first-order valence-corrected chi connectivity index (χ1v) is 8.63. The van der Waals surface area contributed by atoms with E-state index in [1.165, 1.54) is 23.3 Å². The summed E-state index contributed by atoms with van der Waals surface area (Å²) in [5, 5.41) is 1.76. The van der Waals surface area contributed by atoms with Crippen molar-refractivity contribution in [2.45, 2.75) is 19.0 Å². The third kappa shape index (κ3) is 3.71. The normalized spacial score (nSPS) is 16.0. The summed E-state index contributed by atoms with van der Waals surface area (Å²) in [6.07, 6.45) is 0.382. The lowest BCUT2D eigenvalue weighted by molar-refractivity contribution is -0.155. The Morgan fingerprint density at radius 3 is 2.60 bits per heavy atom. The molecule has 25 heavy (non-hydrogen) atoms. The van der Waals surface area contributed by atoms with Gasteiger partial charge in [0.25, 0.3) is 5.91 Å². The fraction of sp³-hybridized carbons (Fsp3) is 0.278. The van der Waals surface area contributed by atoms with Crippen LogP contribution in [0.2, 0.25) is 0 Å². The minimum atomic E-state index is -0.715. The minimum Gasteiger partial charge on any atom is -0.467 e. The van der Waals surface area contributed by atoms with Crippen molar-refractivity contribution in [1.82, 2.24) is 4.90 Å². The van der Waals surface area contributed by atoms with Crippen LogP contribution in [0.4, 0.5) is 0 Å². The second-order valence-electron chi connectivity index (χ2n) is 5.59. The first-order chi connectivity index (χ1) is 12.1. The number of amides is 1. The summed E-state index contributed by atoms with van der Waals surface area (Å²) in [5.41, 5.74) is 1.98. The Morgan fingerprint density at radius 1 is 1.16 bits per heavy atom. The molecule has 2 aromatic rings. The van der Waals surface area contributed by atoms with Gasteiger partial charge in [-0.25, -0.2) is 9.59 Å². The summed E-state index contributed by atoms with van der Waals surface area (Å²) in [6.45, 7) is -0.127. The number of carbonyl (C=O) groups is 3. The molecular weight excluding hydrogens is 342 g/mol. The van der Waals surface area contributed by atoms with E-state index in [2.05, 4.69) is 0 Å². The van der Waals surface area contributed by atoms with Crippen LogP contribution in [0.1, 0.15) is 20.8 Å². The molecule has 0 saturated heterocycles. The van der Waals surface area contributed by atoms with Crippen LogP contribution in [0.5, 0.6) is 0 Å². The quantitative estimate of drug-likeness (QED) is 0.781.